The molecular weight excluding hydrogens is 262 g/mol. The molecule has 0 aromatic heterocycles. The van der Waals surface area contributed by atoms with E-state index in [9.17, 15) is 4.79 Å². The Kier molecular flexibility index (Phi) is 4.28. The van der Waals surface area contributed by atoms with E-state index >= 15 is 0 Å². The zero-order valence-corrected chi connectivity index (χ0v) is 13.6. The zero-order valence-electron chi connectivity index (χ0n) is 13.6. The van der Waals surface area contributed by atoms with Crippen LogP contribution in [0.25, 0.3) is 0 Å². The number of anilines is 2. The summed E-state index contributed by atoms with van der Waals surface area (Å²) in [5.74, 6) is -0.0519. The molecule has 0 atom stereocenters. The molecular formula is C17H27N3O. The fraction of sp³-hybridized carbons (Fsp3) is 0.588. The van der Waals surface area contributed by atoms with Crippen LogP contribution in [0.4, 0.5) is 11.4 Å². The van der Waals surface area contributed by atoms with Gasteiger partial charge in [-0.15, -0.1) is 0 Å². The lowest BCUT2D eigenvalue weighted by Gasteiger charge is -2.36. The van der Waals surface area contributed by atoms with E-state index in [0.717, 1.165) is 18.8 Å². The number of hydrogen-bond acceptors (Lipinski definition) is 3. The van der Waals surface area contributed by atoms with Crippen LogP contribution in [-0.4, -0.2) is 24.5 Å². The molecule has 21 heavy (non-hydrogen) atoms. The normalized spacial score (nSPS) is 16.1. The number of carbonyl (C=O) groups excluding carboxylic acids is 1. The van der Waals surface area contributed by atoms with Crippen LogP contribution in [0.3, 0.4) is 0 Å². The molecule has 0 unspecified atom stereocenters. The number of nitrogens with two attached hydrogens (primary N) is 1. The van der Waals surface area contributed by atoms with E-state index in [1.807, 2.05) is 39.8 Å². The molecule has 1 heterocycles. The van der Waals surface area contributed by atoms with Gasteiger partial charge in [0.05, 0.1) is 5.41 Å². The van der Waals surface area contributed by atoms with Crippen LogP contribution in [0.5, 0.6) is 0 Å². The van der Waals surface area contributed by atoms with E-state index in [0.29, 0.717) is 0 Å². The number of rotatable bonds is 4. The van der Waals surface area contributed by atoms with Gasteiger partial charge in [-0.3, -0.25) is 4.79 Å². The molecule has 116 valence electrons. The first-order valence-corrected chi connectivity index (χ1v) is 7.67. The number of nitrogens with one attached hydrogen (secondary N) is 1. The third-order valence-electron chi connectivity index (χ3n) is 4.77. The van der Waals surface area contributed by atoms with E-state index in [1.54, 1.807) is 0 Å². The van der Waals surface area contributed by atoms with Crippen molar-refractivity contribution in [2.75, 3.05) is 23.3 Å². The number of benzene rings is 1. The van der Waals surface area contributed by atoms with Crippen LogP contribution in [0.2, 0.25) is 0 Å². The lowest BCUT2D eigenvalue weighted by Crippen LogP contribution is -2.53. The van der Waals surface area contributed by atoms with Crippen LogP contribution in [0, 0.1) is 5.41 Å². The standard InChI is InChI=1S/C17H27N3O/c1-16(2,17(3,4)18)15(21)19-13-7-9-14(10-8-13)20-11-5-6-12-20/h7-10H,5-6,11-12,18H2,1-4H3,(H,19,21). The van der Waals surface area contributed by atoms with Gasteiger partial charge in [0.15, 0.2) is 0 Å². The van der Waals surface area contributed by atoms with E-state index in [2.05, 4.69) is 22.3 Å². The first-order valence-electron chi connectivity index (χ1n) is 7.67. The molecule has 1 fully saturated rings. The molecule has 0 bridgehead atoms. The van der Waals surface area contributed by atoms with Crippen LogP contribution in [0.1, 0.15) is 40.5 Å². The second kappa shape index (κ2) is 5.68. The van der Waals surface area contributed by atoms with Gasteiger partial charge < -0.3 is 16.0 Å². The Morgan fingerprint density at radius 1 is 1.10 bits per heavy atom. The van der Waals surface area contributed by atoms with Gasteiger partial charge in [0.2, 0.25) is 5.91 Å². The minimum atomic E-state index is -0.638. The Morgan fingerprint density at radius 2 is 1.62 bits per heavy atom. The van der Waals surface area contributed by atoms with Gasteiger partial charge in [0, 0.05) is 30.0 Å². The predicted molar refractivity (Wildman–Crippen MR) is 88.6 cm³/mol. The van der Waals surface area contributed by atoms with Gasteiger partial charge in [0.25, 0.3) is 0 Å². The first-order chi connectivity index (χ1) is 9.72. The molecule has 3 N–H and O–H groups in total. The average molecular weight is 289 g/mol. The van der Waals surface area contributed by atoms with Crippen molar-refractivity contribution in [1.82, 2.24) is 0 Å². The minimum Gasteiger partial charge on any atom is -0.372 e. The second-order valence-corrected chi connectivity index (χ2v) is 7.04. The molecule has 1 aromatic rings. The van der Waals surface area contributed by atoms with E-state index in [1.165, 1.54) is 18.5 Å². The second-order valence-electron chi connectivity index (χ2n) is 7.04. The molecule has 4 nitrogen and oxygen atoms in total. The highest BCUT2D eigenvalue weighted by molar-refractivity contribution is 5.95. The fourth-order valence-corrected chi connectivity index (χ4v) is 2.31. The van der Waals surface area contributed by atoms with Crippen molar-refractivity contribution in [2.24, 2.45) is 11.1 Å². The molecule has 0 spiro atoms. The molecule has 0 radical (unpaired) electrons. The maximum absolute atomic E-state index is 12.4. The van der Waals surface area contributed by atoms with Gasteiger partial charge in [0.1, 0.15) is 0 Å². The van der Waals surface area contributed by atoms with Gasteiger partial charge in [-0.1, -0.05) is 0 Å². The molecule has 4 heteroatoms. The largest absolute Gasteiger partial charge is 0.372 e. The van der Waals surface area contributed by atoms with Gasteiger partial charge in [-0.05, 0) is 64.8 Å². The Hall–Kier alpha value is -1.55. The first kappa shape index (κ1) is 15.8. The van der Waals surface area contributed by atoms with Crippen molar-refractivity contribution in [1.29, 1.82) is 0 Å². The maximum atomic E-state index is 12.4. The monoisotopic (exact) mass is 289 g/mol. The lowest BCUT2D eigenvalue weighted by atomic mass is 9.74. The highest BCUT2D eigenvalue weighted by Crippen LogP contribution is 2.30. The van der Waals surface area contributed by atoms with Crippen LogP contribution in [-0.2, 0) is 4.79 Å². The molecule has 1 saturated heterocycles. The van der Waals surface area contributed by atoms with Crippen molar-refractivity contribution in [3.63, 3.8) is 0 Å². The summed E-state index contributed by atoms with van der Waals surface area (Å²) >= 11 is 0. The van der Waals surface area contributed by atoms with Crippen molar-refractivity contribution in [3.05, 3.63) is 24.3 Å². The van der Waals surface area contributed by atoms with Crippen LogP contribution < -0.4 is 16.0 Å². The van der Waals surface area contributed by atoms with Crippen molar-refractivity contribution in [3.8, 4) is 0 Å². The highest BCUT2D eigenvalue weighted by atomic mass is 16.2. The fourth-order valence-electron chi connectivity index (χ4n) is 2.31. The summed E-state index contributed by atoms with van der Waals surface area (Å²) < 4.78 is 0. The third kappa shape index (κ3) is 3.38. The Morgan fingerprint density at radius 3 is 2.10 bits per heavy atom. The molecule has 0 saturated carbocycles. The number of amides is 1. The SMILES string of the molecule is CC(C)(N)C(C)(C)C(=O)Nc1ccc(N2CCCC2)cc1. The average Bonchev–Trinajstić information content (AvgIpc) is 2.92. The maximum Gasteiger partial charge on any atom is 0.231 e. The Balaban J connectivity index is 2.05. The van der Waals surface area contributed by atoms with Crippen molar-refractivity contribution >= 4 is 17.3 Å². The summed E-state index contributed by atoms with van der Waals surface area (Å²) in [6, 6.07) is 8.07. The summed E-state index contributed by atoms with van der Waals surface area (Å²) in [5.41, 5.74) is 6.94. The molecule has 1 aromatic carbocycles. The number of nitrogens with zero attached hydrogens (tertiary/aromatic N) is 1. The van der Waals surface area contributed by atoms with Crippen molar-refractivity contribution < 1.29 is 4.79 Å². The predicted octanol–water partition coefficient (Wildman–Crippen LogP) is 2.99. The zero-order chi connectivity index (χ0) is 15.7. The lowest BCUT2D eigenvalue weighted by molar-refractivity contribution is -0.126. The molecule has 0 aliphatic carbocycles. The number of hydrogen-bond donors (Lipinski definition) is 2. The summed E-state index contributed by atoms with van der Waals surface area (Å²) in [4.78, 5) is 14.8. The van der Waals surface area contributed by atoms with Gasteiger partial charge in [-0.25, -0.2) is 0 Å². The smallest absolute Gasteiger partial charge is 0.231 e. The quantitative estimate of drug-likeness (QED) is 0.896. The Labute approximate surface area is 127 Å². The summed E-state index contributed by atoms with van der Waals surface area (Å²) in [6.45, 7) is 9.76. The summed E-state index contributed by atoms with van der Waals surface area (Å²) in [6.07, 6.45) is 2.52. The van der Waals surface area contributed by atoms with Gasteiger partial charge >= 0.3 is 0 Å². The molecule has 2 rings (SSSR count). The topological polar surface area (TPSA) is 58.4 Å². The third-order valence-corrected chi connectivity index (χ3v) is 4.77. The summed E-state index contributed by atoms with van der Waals surface area (Å²) in [7, 11) is 0. The van der Waals surface area contributed by atoms with Crippen LogP contribution >= 0.6 is 0 Å². The van der Waals surface area contributed by atoms with Gasteiger partial charge in [-0.2, -0.15) is 0 Å². The minimum absolute atomic E-state index is 0.0519. The van der Waals surface area contributed by atoms with Crippen LogP contribution in [0.15, 0.2) is 24.3 Å². The van der Waals surface area contributed by atoms with Crippen molar-refractivity contribution in [2.45, 2.75) is 46.1 Å². The molecule has 1 aliphatic rings. The van der Waals surface area contributed by atoms with E-state index in [4.69, 9.17) is 5.73 Å². The number of carbonyl (C=O) groups is 1. The van der Waals surface area contributed by atoms with E-state index < -0.39 is 11.0 Å². The Bertz CT molecular complexity index is 494. The highest BCUT2D eigenvalue weighted by Gasteiger charge is 2.40. The molecule has 1 aliphatic heterocycles. The van der Waals surface area contributed by atoms with E-state index in [-0.39, 0.29) is 5.91 Å². The summed E-state index contributed by atoms with van der Waals surface area (Å²) in [5, 5.41) is 2.97. The molecule has 1 amide bonds.